The van der Waals surface area contributed by atoms with Crippen LogP contribution in [0.5, 0.6) is 0 Å². The Morgan fingerprint density at radius 3 is 2.14 bits per heavy atom. The Labute approximate surface area is 216 Å². The molecule has 2 N–H and O–H groups in total. The lowest BCUT2D eigenvalue weighted by Gasteiger charge is -2.34. The molecule has 0 spiro atoms. The van der Waals surface area contributed by atoms with Crippen LogP contribution in [0, 0.1) is 0 Å². The number of anilines is 4. The van der Waals surface area contributed by atoms with Gasteiger partial charge in [0.1, 0.15) is 0 Å². The number of para-hydroxylation sites is 2. The highest BCUT2D eigenvalue weighted by Crippen LogP contribution is 2.22. The maximum atomic E-state index is 13.0. The fraction of sp³-hybridized carbons (Fsp3) is 0.172. The summed E-state index contributed by atoms with van der Waals surface area (Å²) in [6.07, 6.45) is 3.78. The number of hydrogen-bond donors (Lipinski definition) is 2. The Kier molecular flexibility index (Phi) is 7.36. The van der Waals surface area contributed by atoms with Gasteiger partial charge in [-0.2, -0.15) is 0 Å². The molecule has 0 saturated carbocycles. The maximum Gasteiger partial charge on any atom is 0.257 e. The zero-order valence-electron chi connectivity index (χ0n) is 20.4. The van der Waals surface area contributed by atoms with Crippen LogP contribution in [0.2, 0.25) is 0 Å². The molecular weight excluding hydrogens is 464 g/mol. The first-order valence-corrected chi connectivity index (χ1v) is 12.3. The molecule has 2 heterocycles. The van der Waals surface area contributed by atoms with Gasteiger partial charge in [0.15, 0.2) is 0 Å². The molecule has 1 saturated heterocycles. The van der Waals surface area contributed by atoms with Crippen molar-refractivity contribution >= 4 is 34.8 Å². The number of nitrogens with zero attached hydrogens (tertiary/aromatic N) is 4. The number of carbonyl (C=O) groups excluding carboxylic acids is 2. The minimum Gasteiger partial charge on any atom is -0.355 e. The van der Waals surface area contributed by atoms with Gasteiger partial charge in [-0.3, -0.25) is 9.59 Å². The van der Waals surface area contributed by atoms with E-state index in [9.17, 15) is 9.59 Å². The Morgan fingerprint density at radius 2 is 1.41 bits per heavy atom. The molecular formula is C29H28N6O2. The van der Waals surface area contributed by atoms with E-state index >= 15 is 0 Å². The molecule has 0 radical (unpaired) electrons. The highest BCUT2D eigenvalue weighted by Gasteiger charge is 2.22. The second kappa shape index (κ2) is 11.3. The molecule has 0 aliphatic carbocycles. The summed E-state index contributed by atoms with van der Waals surface area (Å²) in [4.78, 5) is 38.4. The molecule has 1 fully saturated rings. The van der Waals surface area contributed by atoms with Gasteiger partial charge < -0.3 is 20.4 Å². The van der Waals surface area contributed by atoms with E-state index in [1.807, 2.05) is 77.7 Å². The van der Waals surface area contributed by atoms with Crippen molar-refractivity contribution in [3.05, 3.63) is 108 Å². The number of piperazine rings is 1. The summed E-state index contributed by atoms with van der Waals surface area (Å²) in [5.74, 6) is 0.583. The van der Waals surface area contributed by atoms with E-state index in [0.717, 1.165) is 16.9 Å². The third kappa shape index (κ3) is 6.10. The van der Waals surface area contributed by atoms with Crippen LogP contribution in [0.3, 0.4) is 0 Å². The van der Waals surface area contributed by atoms with Crippen LogP contribution in [0.4, 0.5) is 23.0 Å². The van der Waals surface area contributed by atoms with Crippen molar-refractivity contribution in [2.24, 2.45) is 0 Å². The van der Waals surface area contributed by atoms with Gasteiger partial charge in [0.2, 0.25) is 11.9 Å². The van der Waals surface area contributed by atoms with E-state index in [1.54, 1.807) is 24.5 Å². The third-order valence-electron chi connectivity index (χ3n) is 6.26. The summed E-state index contributed by atoms with van der Waals surface area (Å²) in [5.41, 5.74) is 3.76. The molecule has 0 unspecified atom stereocenters. The molecule has 37 heavy (non-hydrogen) atoms. The number of rotatable bonds is 7. The van der Waals surface area contributed by atoms with Crippen molar-refractivity contribution in [3.8, 4) is 0 Å². The number of hydrogen-bond acceptors (Lipinski definition) is 6. The lowest BCUT2D eigenvalue weighted by atomic mass is 10.1. The molecule has 8 heteroatoms. The van der Waals surface area contributed by atoms with Gasteiger partial charge in [0, 0.05) is 49.9 Å². The van der Waals surface area contributed by atoms with Crippen LogP contribution in [-0.4, -0.2) is 52.9 Å². The van der Waals surface area contributed by atoms with Crippen molar-refractivity contribution in [2.45, 2.75) is 6.42 Å². The van der Waals surface area contributed by atoms with E-state index in [4.69, 9.17) is 0 Å². The zero-order chi connectivity index (χ0) is 25.5. The van der Waals surface area contributed by atoms with Gasteiger partial charge in [0.25, 0.3) is 5.91 Å². The van der Waals surface area contributed by atoms with Crippen molar-refractivity contribution in [1.82, 2.24) is 14.9 Å². The summed E-state index contributed by atoms with van der Waals surface area (Å²) < 4.78 is 0. The zero-order valence-corrected chi connectivity index (χ0v) is 20.4. The Morgan fingerprint density at radius 1 is 0.730 bits per heavy atom. The Bertz CT molecular complexity index is 1340. The molecule has 2 amide bonds. The summed E-state index contributed by atoms with van der Waals surface area (Å²) >= 11 is 0. The van der Waals surface area contributed by atoms with Crippen molar-refractivity contribution < 1.29 is 9.59 Å². The summed E-state index contributed by atoms with van der Waals surface area (Å²) in [7, 11) is 0. The van der Waals surface area contributed by atoms with Gasteiger partial charge in [-0.25, -0.2) is 9.97 Å². The highest BCUT2D eigenvalue weighted by atomic mass is 16.2. The van der Waals surface area contributed by atoms with Gasteiger partial charge in [-0.15, -0.1) is 0 Å². The molecule has 4 aromatic rings. The predicted molar refractivity (Wildman–Crippen MR) is 145 cm³/mol. The predicted octanol–water partition coefficient (Wildman–Crippen LogP) is 4.36. The highest BCUT2D eigenvalue weighted by molar-refractivity contribution is 6.08. The van der Waals surface area contributed by atoms with E-state index in [-0.39, 0.29) is 11.8 Å². The second-order valence-corrected chi connectivity index (χ2v) is 8.78. The smallest absolute Gasteiger partial charge is 0.257 e. The molecule has 1 aliphatic heterocycles. The topological polar surface area (TPSA) is 90.5 Å². The number of amides is 2. The largest absolute Gasteiger partial charge is 0.355 e. The minimum atomic E-state index is -0.205. The maximum absolute atomic E-state index is 13.0. The first-order valence-electron chi connectivity index (χ1n) is 12.3. The second-order valence-electron chi connectivity index (χ2n) is 8.78. The normalized spacial score (nSPS) is 13.2. The van der Waals surface area contributed by atoms with Crippen LogP contribution >= 0.6 is 0 Å². The molecule has 1 aliphatic rings. The van der Waals surface area contributed by atoms with Crippen LogP contribution in [0.25, 0.3) is 0 Å². The summed E-state index contributed by atoms with van der Waals surface area (Å²) in [6.45, 7) is 2.70. The number of aromatic nitrogens is 2. The van der Waals surface area contributed by atoms with Crippen molar-refractivity contribution in [1.29, 1.82) is 0 Å². The molecule has 8 nitrogen and oxygen atoms in total. The Balaban J connectivity index is 1.15. The standard InChI is InChI=1S/C29H28N6O2/c36-27(34-17-19-35(20-18-34)29-30-15-6-16-31-29)21-22-11-13-24(14-12-22)33-28(37)25-9-4-5-10-26(25)32-23-7-2-1-3-8-23/h1-16,32H,17-21H2,(H,33,37). The number of nitrogens with one attached hydrogen (secondary N) is 2. The van der Waals surface area contributed by atoms with E-state index in [0.29, 0.717) is 49.8 Å². The number of benzene rings is 3. The van der Waals surface area contributed by atoms with Crippen molar-refractivity contribution in [3.63, 3.8) is 0 Å². The molecule has 5 rings (SSSR count). The van der Waals surface area contributed by atoms with Crippen LogP contribution in [0.15, 0.2) is 97.3 Å². The molecule has 3 aromatic carbocycles. The quantitative estimate of drug-likeness (QED) is 0.398. The van der Waals surface area contributed by atoms with Crippen LogP contribution in [-0.2, 0) is 11.2 Å². The molecule has 186 valence electrons. The van der Waals surface area contributed by atoms with Gasteiger partial charge in [-0.05, 0) is 48.0 Å². The fourth-order valence-corrected chi connectivity index (χ4v) is 4.27. The number of carbonyl (C=O) groups is 2. The van der Waals surface area contributed by atoms with Crippen LogP contribution < -0.4 is 15.5 Å². The first kappa shape index (κ1) is 24.0. The van der Waals surface area contributed by atoms with Crippen LogP contribution in [0.1, 0.15) is 15.9 Å². The lowest BCUT2D eigenvalue weighted by molar-refractivity contribution is -0.130. The lowest BCUT2D eigenvalue weighted by Crippen LogP contribution is -2.49. The molecule has 0 atom stereocenters. The van der Waals surface area contributed by atoms with Gasteiger partial charge in [0.05, 0.1) is 17.7 Å². The summed E-state index contributed by atoms with van der Waals surface area (Å²) in [5, 5.41) is 6.26. The van der Waals surface area contributed by atoms with E-state index in [1.165, 1.54) is 0 Å². The van der Waals surface area contributed by atoms with E-state index < -0.39 is 0 Å². The monoisotopic (exact) mass is 492 g/mol. The Hall–Kier alpha value is -4.72. The molecule has 1 aromatic heterocycles. The average molecular weight is 493 g/mol. The third-order valence-corrected chi connectivity index (χ3v) is 6.26. The average Bonchev–Trinajstić information content (AvgIpc) is 2.95. The minimum absolute atomic E-state index is 0.0892. The SMILES string of the molecule is O=C(Nc1ccc(CC(=O)N2CCN(c3ncccn3)CC2)cc1)c1ccccc1Nc1ccccc1. The van der Waals surface area contributed by atoms with E-state index in [2.05, 4.69) is 25.5 Å². The van der Waals surface area contributed by atoms with Crippen molar-refractivity contribution in [2.75, 3.05) is 41.7 Å². The fourth-order valence-electron chi connectivity index (χ4n) is 4.27. The van der Waals surface area contributed by atoms with Gasteiger partial charge in [-0.1, -0.05) is 42.5 Å². The first-order chi connectivity index (χ1) is 18.2. The van der Waals surface area contributed by atoms with Gasteiger partial charge >= 0.3 is 0 Å². The summed E-state index contributed by atoms with van der Waals surface area (Å²) in [6, 6.07) is 26.4. The molecule has 0 bridgehead atoms.